The van der Waals surface area contributed by atoms with Crippen molar-refractivity contribution in [1.29, 1.82) is 0 Å². The number of aromatic nitrogens is 1. The number of rotatable bonds is 4. The van der Waals surface area contributed by atoms with Crippen molar-refractivity contribution >= 4 is 11.5 Å². The van der Waals surface area contributed by atoms with Crippen LogP contribution in [-0.4, -0.2) is 16.0 Å². The molecule has 7 heteroatoms. The molecule has 82 valence electrons. The molecule has 7 nitrogen and oxygen atoms in total. The first-order valence-corrected chi connectivity index (χ1v) is 4.32. The molecule has 3 N–H and O–H groups in total. The van der Waals surface area contributed by atoms with Crippen molar-refractivity contribution in [2.75, 3.05) is 5.43 Å². The lowest BCUT2D eigenvalue weighted by Crippen LogP contribution is -2.13. The normalized spacial score (nSPS) is 10.1. The molecule has 0 bridgehead atoms. The van der Waals surface area contributed by atoms with Crippen molar-refractivity contribution in [2.45, 2.75) is 20.0 Å². The van der Waals surface area contributed by atoms with E-state index >= 15 is 0 Å². The van der Waals surface area contributed by atoms with E-state index in [1.54, 1.807) is 13.8 Å². The van der Waals surface area contributed by atoms with E-state index in [9.17, 15) is 10.1 Å². The van der Waals surface area contributed by atoms with Gasteiger partial charge in [-0.25, -0.2) is 10.8 Å². The van der Waals surface area contributed by atoms with Crippen LogP contribution in [0.25, 0.3) is 0 Å². The van der Waals surface area contributed by atoms with Crippen molar-refractivity contribution < 1.29 is 9.66 Å². The van der Waals surface area contributed by atoms with Gasteiger partial charge in [0.2, 0.25) is 0 Å². The highest BCUT2D eigenvalue weighted by Gasteiger charge is 2.13. The predicted octanol–water partition coefficient (Wildman–Crippen LogP) is 1.06. The number of nitrogens with one attached hydrogen (secondary N) is 1. The van der Waals surface area contributed by atoms with Crippen molar-refractivity contribution in [2.24, 2.45) is 5.84 Å². The zero-order valence-corrected chi connectivity index (χ0v) is 8.43. The second kappa shape index (κ2) is 4.56. The van der Waals surface area contributed by atoms with Crippen LogP contribution < -0.4 is 16.0 Å². The van der Waals surface area contributed by atoms with Gasteiger partial charge in [-0.05, 0) is 13.8 Å². The second-order valence-corrected chi connectivity index (χ2v) is 3.11. The number of nitrogens with two attached hydrogens (primary N) is 1. The topological polar surface area (TPSA) is 103 Å². The second-order valence-electron chi connectivity index (χ2n) is 3.11. The molecule has 1 rings (SSSR count). The summed E-state index contributed by atoms with van der Waals surface area (Å²) in [4.78, 5) is 13.7. The van der Waals surface area contributed by atoms with Crippen molar-refractivity contribution in [1.82, 2.24) is 4.98 Å². The molecule has 0 radical (unpaired) electrons. The molecule has 0 aliphatic rings. The summed E-state index contributed by atoms with van der Waals surface area (Å²) in [5.74, 6) is 5.73. The Morgan fingerprint density at radius 3 is 2.80 bits per heavy atom. The zero-order chi connectivity index (χ0) is 11.4. The van der Waals surface area contributed by atoms with Crippen LogP contribution in [0.15, 0.2) is 12.3 Å². The average molecular weight is 212 g/mol. The van der Waals surface area contributed by atoms with Crippen LogP contribution in [0.5, 0.6) is 5.75 Å². The van der Waals surface area contributed by atoms with E-state index in [0.717, 1.165) is 6.20 Å². The number of nitro groups is 1. The lowest BCUT2D eigenvalue weighted by molar-refractivity contribution is -0.385. The van der Waals surface area contributed by atoms with Crippen LogP contribution in [-0.2, 0) is 0 Å². The highest BCUT2D eigenvalue weighted by Crippen LogP contribution is 2.26. The van der Waals surface area contributed by atoms with Gasteiger partial charge in [-0.3, -0.25) is 10.1 Å². The molecular formula is C8H12N4O3. The highest BCUT2D eigenvalue weighted by molar-refractivity contribution is 5.53. The maximum absolute atomic E-state index is 10.5. The van der Waals surface area contributed by atoms with Crippen LogP contribution in [0.2, 0.25) is 0 Å². The summed E-state index contributed by atoms with van der Waals surface area (Å²) in [6.45, 7) is 3.61. The maximum atomic E-state index is 10.5. The summed E-state index contributed by atoms with van der Waals surface area (Å²) < 4.78 is 5.32. The number of nitrogens with zero attached hydrogens (tertiary/aromatic N) is 2. The first-order valence-electron chi connectivity index (χ1n) is 4.32. The first kappa shape index (κ1) is 11.2. The molecule has 1 aromatic rings. The maximum Gasteiger partial charge on any atom is 0.291 e. The fraction of sp³-hybridized carbons (Fsp3) is 0.375. The fourth-order valence-corrected chi connectivity index (χ4v) is 0.986. The first-order chi connectivity index (χ1) is 7.04. The minimum absolute atomic E-state index is 0.110. The SMILES string of the molecule is CC(C)Oc1cc([N+](=O)[O-])cnc1NN. The molecular weight excluding hydrogens is 200 g/mol. The van der Waals surface area contributed by atoms with Gasteiger partial charge in [0.1, 0.15) is 6.20 Å². The number of anilines is 1. The van der Waals surface area contributed by atoms with E-state index in [-0.39, 0.29) is 23.4 Å². The summed E-state index contributed by atoms with van der Waals surface area (Å²) in [6, 6.07) is 1.28. The number of hydrogen-bond donors (Lipinski definition) is 2. The van der Waals surface area contributed by atoms with E-state index in [1.807, 2.05) is 0 Å². The quantitative estimate of drug-likeness (QED) is 0.439. The summed E-state index contributed by atoms with van der Waals surface area (Å²) in [5, 5.41) is 10.5. The number of hydrazine groups is 1. The van der Waals surface area contributed by atoms with Gasteiger partial charge in [0.15, 0.2) is 11.6 Å². The molecule has 0 aliphatic carbocycles. The standard InChI is InChI=1S/C8H12N4O3/c1-5(2)15-7-3-6(12(13)14)4-10-8(7)11-9/h3-5H,9H2,1-2H3,(H,10,11). The monoisotopic (exact) mass is 212 g/mol. The third kappa shape index (κ3) is 2.78. The Labute approximate surface area is 86.4 Å². The van der Waals surface area contributed by atoms with E-state index in [0.29, 0.717) is 0 Å². The number of pyridine rings is 1. The Kier molecular flexibility index (Phi) is 3.40. The minimum Gasteiger partial charge on any atom is -0.487 e. The number of hydrogen-bond acceptors (Lipinski definition) is 6. The molecule has 0 atom stereocenters. The molecule has 0 unspecified atom stereocenters. The van der Waals surface area contributed by atoms with Gasteiger partial charge in [0.25, 0.3) is 5.69 Å². The Morgan fingerprint density at radius 2 is 2.33 bits per heavy atom. The minimum atomic E-state index is -0.541. The molecule has 0 fully saturated rings. The van der Waals surface area contributed by atoms with Crippen LogP contribution >= 0.6 is 0 Å². The van der Waals surface area contributed by atoms with E-state index < -0.39 is 4.92 Å². The Morgan fingerprint density at radius 1 is 1.67 bits per heavy atom. The molecule has 1 aromatic heterocycles. The van der Waals surface area contributed by atoms with Crippen LogP contribution in [0, 0.1) is 10.1 Å². The largest absolute Gasteiger partial charge is 0.487 e. The summed E-state index contributed by atoms with van der Waals surface area (Å²) in [6.07, 6.45) is 1.00. The Bertz CT molecular complexity index is 367. The molecule has 0 aliphatic heterocycles. The summed E-state index contributed by atoms with van der Waals surface area (Å²) in [7, 11) is 0. The lowest BCUT2D eigenvalue weighted by atomic mass is 10.3. The fourth-order valence-electron chi connectivity index (χ4n) is 0.986. The Balaban J connectivity index is 3.07. The van der Waals surface area contributed by atoms with Crippen LogP contribution in [0.3, 0.4) is 0 Å². The van der Waals surface area contributed by atoms with Gasteiger partial charge < -0.3 is 10.2 Å². The molecule has 0 amide bonds. The highest BCUT2D eigenvalue weighted by atomic mass is 16.6. The van der Waals surface area contributed by atoms with Gasteiger partial charge in [-0.1, -0.05) is 0 Å². The van der Waals surface area contributed by atoms with Gasteiger partial charge in [-0.15, -0.1) is 0 Å². The Hall–Kier alpha value is -1.89. The van der Waals surface area contributed by atoms with Crippen LogP contribution in [0.1, 0.15) is 13.8 Å². The summed E-state index contributed by atoms with van der Waals surface area (Å²) >= 11 is 0. The van der Waals surface area contributed by atoms with Crippen molar-refractivity contribution in [3.63, 3.8) is 0 Å². The van der Waals surface area contributed by atoms with Gasteiger partial charge >= 0.3 is 0 Å². The number of ether oxygens (including phenoxy) is 1. The molecule has 1 heterocycles. The van der Waals surface area contributed by atoms with Crippen molar-refractivity contribution in [3.05, 3.63) is 22.4 Å². The van der Waals surface area contributed by atoms with E-state index in [4.69, 9.17) is 10.6 Å². The number of nitrogen functional groups attached to an aromatic ring is 1. The molecule has 0 saturated carbocycles. The smallest absolute Gasteiger partial charge is 0.291 e. The van der Waals surface area contributed by atoms with Gasteiger partial charge in [0.05, 0.1) is 17.1 Å². The van der Waals surface area contributed by atoms with E-state index in [2.05, 4.69) is 10.4 Å². The molecule has 0 saturated heterocycles. The van der Waals surface area contributed by atoms with Crippen molar-refractivity contribution in [3.8, 4) is 5.75 Å². The molecule has 0 aromatic carbocycles. The summed E-state index contributed by atoms with van der Waals surface area (Å²) in [5.41, 5.74) is 2.17. The zero-order valence-electron chi connectivity index (χ0n) is 8.43. The van der Waals surface area contributed by atoms with Gasteiger partial charge in [0, 0.05) is 0 Å². The average Bonchev–Trinajstić information content (AvgIpc) is 2.16. The lowest BCUT2D eigenvalue weighted by Gasteiger charge is -2.12. The predicted molar refractivity (Wildman–Crippen MR) is 54.5 cm³/mol. The third-order valence-corrected chi connectivity index (χ3v) is 1.55. The third-order valence-electron chi connectivity index (χ3n) is 1.55. The molecule has 0 spiro atoms. The molecule has 15 heavy (non-hydrogen) atoms. The van der Waals surface area contributed by atoms with Gasteiger partial charge in [-0.2, -0.15) is 0 Å². The van der Waals surface area contributed by atoms with E-state index in [1.165, 1.54) is 6.07 Å². The van der Waals surface area contributed by atoms with Crippen LogP contribution in [0.4, 0.5) is 11.5 Å².